The Balaban J connectivity index is 2.03. The molecular formula is C11H25NOSi2. The second-order valence-electron chi connectivity index (χ2n) is 6.26. The molecule has 2 heterocycles. The monoisotopic (exact) mass is 243 g/mol. The van der Waals surface area contributed by atoms with Gasteiger partial charge in [0.05, 0.1) is 0 Å². The van der Waals surface area contributed by atoms with Gasteiger partial charge in [0.15, 0.2) is 9.28 Å². The van der Waals surface area contributed by atoms with Crippen molar-refractivity contribution < 1.29 is 4.43 Å². The summed E-state index contributed by atoms with van der Waals surface area (Å²) in [5.41, 5.74) is 0.462. The summed E-state index contributed by atoms with van der Waals surface area (Å²) in [6.45, 7) is 10.6. The van der Waals surface area contributed by atoms with Gasteiger partial charge in [-0.25, -0.2) is 0 Å². The largest absolute Gasteiger partial charge is 0.425 e. The molecule has 0 bridgehead atoms. The molecule has 2 nitrogen and oxygen atoms in total. The van der Waals surface area contributed by atoms with Crippen LogP contribution >= 0.6 is 0 Å². The average molecular weight is 243 g/mol. The molecule has 0 amide bonds. The highest BCUT2D eigenvalue weighted by Crippen LogP contribution is 2.33. The highest BCUT2D eigenvalue weighted by Gasteiger charge is 2.39. The van der Waals surface area contributed by atoms with Crippen molar-refractivity contribution in [3.8, 4) is 0 Å². The molecule has 0 spiro atoms. The molecule has 3 atom stereocenters. The maximum Gasteiger partial charge on any atom is 0.164 e. The topological polar surface area (TPSA) is 12.5 Å². The van der Waals surface area contributed by atoms with Crippen molar-refractivity contribution in [3.63, 3.8) is 0 Å². The van der Waals surface area contributed by atoms with Crippen LogP contribution in [0.15, 0.2) is 0 Å². The van der Waals surface area contributed by atoms with Gasteiger partial charge in [-0.1, -0.05) is 27.7 Å². The predicted octanol–water partition coefficient (Wildman–Crippen LogP) is 1.22. The second kappa shape index (κ2) is 4.32. The van der Waals surface area contributed by atoms with E-state index in [2.05, 4.69) is 32.3 Å². The lowest BCUT2D eigenvalue weighted by Crippen LogP contribution is -2.55. The Kier molecular flexibility index (Phi) is 3.40. The summed E-state index contributed by atoms with van der Waals surface area (Å²) in [7, 11) is -0.844. The Morgan fingerprint density at radius 1 is 1.27 bits per heavy atom. The number of hydrogen-bond acceptors (Lipinski definition) is 2. The van der Waals surface area contributed by atoms with Gasteiger partial charge in [-0.2, -0.15) is 0 Å². The number of nitrogens with zero attached hydrogens (tertiary/aromatic N) is 1. The van der Waals surface area contributed by atoms with Crippen molar-refractivity contribution in [2.24, 2.45) is 5.41 Å². The van der Waals surface area contributed by atoms with E-state index in [0.717, 1.165) is 18.7 Å². The minimum Gasteiger partial charge on any atom is -0.425 e. The number of hydrogen-bond donors (Lipinski definition) is 0. The quantitative estimate of drug-likeness (QED) is 0.642. The predicted molar refractivity (Wildman–Crippen MR) is 70.2 cm³/mol. The van der Waals surface area contributed by atoms with Gasteiger partial charge in [0.25, 0.3) is 0 Å². The van der Waals surface area contributed by atoms with Gasteiger partial charge in [-0.05, 0) is 24.3 Å². The fourth-order valence-corrected chi connectivity index (χ4v) is 14.5. The van der Waals surface area contributed by atoms with Crippen LogP contribution in [-0.2, 0) is 4.43 Å². The lowest BCUT2D eigenvalue weighted by atomic mass is 9.98. The third-order valence-corrected chi connectivity index (χ3v) is 12.3. The summed E-state index contributed by atoms with van der Waals surface area (Å²) < 4.78 is 8.86. The van der Waals surface area contributed by atoms with Gasteiger partial charge in [0, 0.05) is 18.7 Å². The molecule has 2 fully saturated rings. The first-order valence-electron chi connectivity index (χ1n) is 6.35. The van der Waals surface area contributed by atoms with Crippen molar-refractivity contribution in [3.05, 3.63) is 0 Å². The lowest BCUT2D eigenvalue weighted by Gasteiger charge is -2.42. The Hall–Kier alpha value is 0.354. The van der Waals surface area contributed by atoms with E-state index in [1.165, 1.54) is 18.9 Å². The molecule has 0 aromatic heterocycles. The molecule has 3 unspecified atom stereocenters. The molecule has 2 rings (SSSR count). The number of rotatable bonds is 1. The maximum absolute atomic E-state index is 5.97. The van der Waals surface area contributed by atoms with E-state index in [9.17, 15) is 0 Å². The van der Waals surface area contributed by atoms with Gasteiger partial charge in [0.2, 0.25) is 0 Å². The van der Waals surface area contributed by atoms with Gasteiger partial charge < -0.3 is 8.99 Å². The van der Waals surface area contributed by atoms with Gasteiger partial charge in [-0.15, -0.1) is 0 Å². The van der Waals surface area contributed by atoms with Crippen molar-refractivity contribution in [1.29, 1.82) is 0 Å². The van der Waals surface area contributed by atoms with E-state index in [1.54, 1.807) is 0 Å². The molecular weight excluding hydrogens is 218 g/mol. The molecule has 0 aromatic carbocycles. The van der Waals surface area contributed by atoms with Crippen LogP contribution in [0, 0.1) is 5.41 Å². The van der Waals surface area contributed by atoms with Crippen LogP contribution in [-0.4, -0.2) is 41.0 Å². The van der Waals surface area contributed by atoms with Crippen molar-refractivity contribution >= 4 is 17.8 Å². The van der Waals surface area contributed by atoms with Crippen LogP contribution in [0.2, 0.25) is 6.04 Å². The summed E-state index contributed by atoms with van der Waals surface area (Å²) in [6, 6.07) is 3.19. The van der Waals surface area contributed by atoms with Crippen LogP contribution in [0.25, 0.3) is 0 Å². The normalized spacial score (nSPS) is 43.6. The Morgan fingerprint density at radius 2 is 1.87 bits per heavy atom. The zero-order valence-electron chi connectivity index (χ0n) is 10.6. The van der Waals surface area contributed by atoms with Gasteiger partial charge >= 0.3 is 0 Å². The molecule has 15 heavy (non-hydrogen) atoms. The fourth-order valence-electron chi connectivity index (χ4n) is 3.35. The summed E-state index contributed by atoms with van der Waals surface area (Å²) in [4.78, 5) is 0. The van der Waals surface area contributed by atoms with Crippen molar-refractivity contribution in [2.75, 3.05) is 6.61 Å². The Morgan fingerprint density at radius 3 is 2.40 bits per heavy atom. The third-order valence-electron chi connectivity index (χ3n) is 4.03. The summed E-state index contributed by atoms with van der Waals surface area (Å²) >= 11 is 0. The highest BCUT2D eigenvalue weighted by molar-refractivity contribution is 7.08. The van der Waals surface area contributed by atoms with E-state index in [1.807, 2.05) is 0 Å². The summed E-state index contributed by atoms with van der Waals surface area (Å²) in [5, 5.41) is 0. The van der Waals surface area contributed by atoms with Crippen molar-refractivity contribution in [2.45, 2.75) is 58.7 Å². The fraction of sp³-hybridized carbons (Fsp3) is 1.00. The molecule has 0 aromatic rings. The van der Waals surface area contributed by atoms with E-state index in [4.69, 9.17) is 4.43 Å². The van der Waals surface area contributed by atoms with E-state index < -0.39 is 8.48 Å². The molecule has 0 aliphatic carbocycles. The lowest BCUT2D eigenvalue weighted by molar-refractivity contribution is 0.190. The third kappa shape index (κ3) is 2.54. The minimum absolute atomic E-state index is 0.175. The summed E-state index contributed by atoms with van der Waals surface area (Å²) in [6.07, 6.45) is 2.83. The smallest absolute Gasteiger partial charge is 0.164 e. The van der Waals surface area contributed by atoms with E-state index >= 15 is 0 Å². The minimum atomic E-state index is -0.669. The molecule has 0 N–H and O–H groups in total. The molecule has 0 saturated carbocycles. The van der Waals surface area contributed by atoms with Crippen LogP contribution < -0.4 is 0 Å². The van der Waals surface area contributed by atoms with Crippen LogP contribution in [0.1, 0.15) is 40.5 Å². The van der Waals surface area contributed by atoms with Gasteiger partial charge in [-0.3, -0.25) is 0 Å². The zero-order valence-corrected chi connectivity index (χ0v) is 13.2. The zero-order chi connectivity index (χ0) is 11.1. The Bertz CT molecular complexity index is 225. The maximum atomic E-state index is 5.97. The first-order valence-corrected chi connectivity index (χ1v) is 11.5. The SMILES string of the molecule is CC1CCC(C)N1[SiH]1CC(C)(C)CO[SiH2]1. The molecule has 0 radical (unpaired) electrons. The van der Waals surface area contributed by atoms with Crippen molar-refractivity contribution in [1.82, 2.24) is 4.57 Å². The van der Waals surface area contributed by atoms with E-state index in [0.29, 0.717) is 5.41 Å². The first kappa shape index (κ1) is 11.8. The molecule has 2 aliphatic rings. The molecule has 88 valence electrons. The van der Waals surface area contributed by atoms with Crippen LogP contribution in [0.5, 0.6) is 0 Å². The first-order chi connectivity index (χ1) is 6.99. The van der Waals surface area contributed by atoms with Gasteiger partial charge in [0.1, 0.15) is 8.48 Å². The average Bonchev–Trinajstić information content (AvgIpc) is 2.44. The molecule has 4 heteroatoms. The highest BCUT2D eigenvalue weighted by atomic mass is 29.2. The van der Waals surface area contributed by atoms with Crippen LogP contribution in [0.4, 0.5) is 0 Å². The summed E-state index contributed by atoms with van der Waals surface area (Å²) in [5.74, 6) is 0. The molecule has 2 aliphatic heterocycles. The van der Waals surface area contributed by atoms with E-state index in [-0.39, 0.29) is 9.28 Å². The standard InChI is InChI=1S/C11H25NOSi2/c1-9-5-6-10(2)12(9)15-8-11(3,4)7-13-14-15/h9-10,15H,5-8,14H2,1-4H3. The second-order valence-corrected chi connectivity index (χ2v) is 13.1. The molecule has 2 saturated heterocycles. The Labute approximate surface area is 97.8 Å². The van der Waals surface area contributed by atoms with Crippen LogP contribution in [0.3, 0.4) is 0 Å².